The minimum Gasteiger partial charge on any atom is -0.468 e. The quantitative estimate of drug-likeness (QED) is 0.192. The molecule has 0 radical (unpaired) electrons. The number of methoxy groups -OCH3 is 1. The number of nitrogens with one attached hydrogen (secondary N) is 1. The first-order valence-electron chi connectivity index (χ1n) is 13.6. The third-order valence-electron chi connectivity index (χ3n) is 7.82. The average molecular weight is 514 g/mol. The summed E-state index contributed by atoms with van der Waals surface area (Å²) in [4.78, 5) is 25.1. The number of carbonyl (C=O) groups is 2. The fourth-order valence-electron chi connectivity index (χ4n) is 5.58. The Labute approximate surface area is 226 Å². The molecule has 200 valence electrons. The molecule has 1 heterocycles. The van der Waals surface area contributed by atoms with Crippen LogP contribution in [0.4, 0.5) is 0 Å². The predicted molar refractivity (Wildman–Crippen MR) is 150 cm³/mol. The molecule has 0 aromatic heterocycles. The Morgan fingerprint density at radius 2 is 1.37 bits per heavy atom. The third kappa shape index (κ3) is 5.90. The molecule has 0 unspecified atom stereocenters. The molecule has 3 aromatic carbocycles. The predicted octanol–water partition coefficient (Wildman–Crippen LogP) is 6.06. The smallest absolute Gasteiger partial charge is 0.315 e. The maximum Gasteiger partial charge on any atom is 0.315 e. The van der Waals surface area contributed by atoms with Crippen LogP contribution in [0, 0.1) is 5.92 Å². The van der Waals surface area contributed by atoms with Gasteiger partial charge >= 0.3 is 5.97 Å². The lowest BCUT2D eigenvalue weighted by molar-refractivity contribution is -0.146. The molecule has 5 nitrogen and oxygen atoms in total. The van der Waals surface area contributed by atoms with E-state index in [1.165, 1.54) is 7.11 Å². The standard InChI is InChI=1S/C33H39NO4/c1-32(2,31(36)37-3)26-18-16-25(17-19-26)30(35)15-10-24-38-33(27-11-6-4-7-12-27,28-13-8-5-9-14-28)29-20-22-34-23-21-29/h4-9,11-14,16-19,29,34H,10,15,20-24H2,1-3H3. The largest absolute Gasteiger partial charge is 0.468 e. The first-order chi connectivity index (χ1) is 18.4. The zero-order valence-corrected chi connectivity index (χ0v) is 22.7. The molecule has 0 spiro atoms. The van der Waals surface area contributed by atoms with Crippen LogP contribution in [0.15, 0.2) is 84.9 Å². The number of hydrogen-bond acceptors (Lipinski definition) is 5. The van der Waals surface area contributed by atoms with E-state index in [4.69, 9.17) is 9.47 Å². The molecule has 0 atom stereocenters. The summed E-state index contributed by atoms with van der Waals surface area (Å²) in [6.07, 6.45) is 3.07. The van der Waals surface area contributed by atoms with Gasteiger partial charge < -0.3 is 14.8 Å². The van der Waals surface area contributed by atoms with Gasteiger partial charge in [-0.2, -0.15) is 0 Å². The van der Waals surface area contributed by atoms with Crippen LogP contribution < -0.4 is 5.32 Å². The molecule has 0 amide bonds. The maximum atomic E-state index is 13.0. The highest BCUT2D eigenvalue weighted by atomic mass is 16.5. The van der Waals surface area contributed by atoms with Crippen molar-refractivity contribution in [2.24, 2.45) is 5.92 Å². The van der Waals surface area contributed by atoms with Crippen molar-refractivity contribution in [3.8, 4) is 0 Å². The van der Waals surface area contributed by atoms with Gasteiger partial charge in [-0.05, 0) is 68.8 Å². The van der Waals surface area contributed by atoms with Crippen molar-refractivity contribution in [1.82, 2.24) is 5.32 Å². The number of piperidine rings is 1. The van der Waals surface area contributed by atoms with Crippen molar-refractivity contribution in [3.05, 3.63) is 107 Å². The van der Waals surface area contributed by atoms with Crippen LogP contribution in [0.3, 0.4) is 0 Å². The van der Waals surface area contributed by atoms with E-state index in [1.807, 2.05) is 38.1 Å². The average Bonchev–Trinajstić information content (AvgIpc) is 2.98. The number of ketones is 1. The van der Waals surface area contributed by atoms with Crippen molar-refractivity contribution in [3.63, 3.8) is 0 Å². The lowest BCUT2D eigenvalue weighted by atomic mass is 9.72. The normalized spacial score (nSPS) is 14.7. The van der Waals surface area contributed by atoms with Gasteiger partial charge in [0.15, 0.2) is 5.78 Å². The molecule has 5 heteroatoms. The van der Waals surface area contributed by atoms with Gasteiger partial charge in [-0.15, -0.1) is 0 Å². The summed E-state index contributed by atoms with van der Waals surface area (Å²) in [5, 5.41) is 3.49. The maximum absolute atomic E-state index is 13.0. The van der Waals surface area contributed by atoms with Crippen LogP contribution in [-0.4, -0.2) is 38.6 Å². The number of benzene rings is 3. The second-order valence-electron chi connectivity index (χ2n) is 10.6. The van der Waals surface area contributed by atoms with Crippen LogP contribution in [0.5, 0.6) is 0 Å². The molecule has 1 aliphatic heterocycles. The van der Waals surface area contributed by atoms with E-state index in [2.05, 4.69) is 53.8 Å². The number of hydrogen-bond donors (Lipinski definition) is 1. The zero-order chi connectivity index (χ0) is 27.0. The van der Waals surface area contributed by atoms with Crippen molar-refractivity contribution < 1.29 is 19.1 Å². The summed E-state index contributed by atoms with van der Waals surface area (Å²) >= 11 is 0. The van der Waals surface area contributed by atoms with E-state index >= 15 is 0 Å². The van der Waals surface area contributed by atoms with E-state index in [-0.39, 0.29) is 11.8 Å². The molecule has 38 heavy (non-hydrogen) atoms. The minimum absolute atomic E-state index is 0.0721. The summed E-state index contributed by atoms with van der Waals surface area (Å²) in [5.41, 5.74) is 2.46. The fourth-order valence-corrected chi connectivity index (χ4v) is 5.58. The molecule has 1 fully saturated rings. The van der Waals surface area contributed by atoms with Crippen molar-refractivity contribution in [2.75, 3.05) is 26.8 Å². The van der Waals surface area contributed by atoms with Gasteiger partial charge in [-0.25, -0.2) is 0 Å². The topological polar surface area (TPSA) is 64.6 Å². The van der Waals surface area contributed by atoms with Gasteiger partial charge in [0.1, 0.15) is 5.60 Å². The van der Waals surface area contributed by atoms with Gasteiger partial charge in [0, 0.05) is 18.6 Å². The Hall–Kier alpha value is -3.28. The van der Waals surface area contributed by atoms with Crippen molar-refractivity contribution in [1.29, 1.82) is 0 Å². The summed E-state index contributed by atoms with van der Waals surface area (Å²) in [6.45, 7) is 6.06. The lowest BCUT2D eigenvalue weighted by Gasteiger charge is -2.43. The van der Waals surface area contributed by atoms with Crippen molar-refractivity contribution >= 4 is 11.8 Å². The number of ether oxygens (including phenoxy) is 2. The highest BCUT2D eigenvalue weighted by Gasteiger charge is 2.43. The highest BCUT2D eigenvalue weighted by Crippen LogP contribution is 2.44. The molecule has 1 saturated heterocycles. The molecule has 4 rings (SSSR count). The number of rotatable bonds is 11. The van der Waals surface area contributed by atoms with Crippen LogP contribution in [0.2, 0.25) is 0 Å². The van der Waals surface area contributed by atoms with Gasteiger partial charge in [0.25, 0.3) is 0 Å². The van der Waals surface area contributed by atoms with Crippen LogP contribution in [0.25, 0.3) is 0 Å². The molecule has 0 aliphatic carbocycles. The Kier molecular flexibility index (Phi) is 9.13. The summed E-state index contributed by atoms with van der Waals surface area (Å²) < 4.78 is 11.8. The summed E-state index contributed by atoms with van der Waals surface area (Å²) in [5.74, 6) is 0.0978. The number of esters is 1. The molecule has 3 aromatic rings. The Balaban J connectivity index is 1.49. The number of carbonyl (C=O) groups excluding carboxylic acids is 2. The second kappa shape index (κ2) is 12.5. The molecular weight excluding hydrogens is 474 g/mol. The molecule has 0 saturated carbocycles. The third-order valence-corrected chi connectivity index (χ3v) is 7.82. The van der Waals surface area contributed by atoms with E-state index in [0.717, 1.165) is 42.6 Å². The van der Waals surface area contributed by atoms with E-state index in [9.17, 15) is 9.59 Å². The Morgan fingerprint density at radius 3 is 1.89 bits per heavy atom. The lowest BCUT2D eigenvalue weighted by Crippen LogP contribution is -2.45. The van der Waals surface area contributed by atoms with Gasteiger partial charge in [0.2, 0.25) is 0 Å². The molecule has 1 aliphatic rings. The van der Waals surface area contributed by atoms with Gasteiger partial charge in [0.05, 0.1) is 12.5 Å². The van der Waals surface area contributed by atoms with Crippen LogP contribution in [-0.2, 0) is 25.3 Å². The Bertz CT molecular complexity index is 1140. The van der Waals surface area contributed by atoms with Gasteiger partial charge in [-0.1, -0.05) is 84.9 Å². The first kappa shape index (κ1) is 27.7. The summed E-state index contributed by atoms with van der Waals surface area (Å²) in [6, 6.07) is 28.3. The minimum atomic E-state index is -0.767. The first-order valence-corrected chi connectivity index (χ1v) is 13.6. The second-order valence-corrected chi connectivity index (χ2v) is 10.6. The van der Waals surface area contributed by atoms with Crippen LogP contribution in [0.1, 0.15) is 66.6 Å². The monoisotopic (exact) mass is 513 g/mol. The Morgan fingerprint density at radius 1 is 0.816 bits per heavy atom. The fraction of sp³-hybridized carbons (Fsp3) is 0.394. The van der Waals surface area contributed by atoms with E-state index in [1.54, 1.807) is 12.1 Å². The SMILES string of the molecule is COC(=O)C(C)(C)c1ccc(C(=O)CCCOC(c2ccccc2)(c2ccccc2)C2CCNCC2)cc1. The van der Waals surface area contributed by atoms with Crippen molar-refractivity contribution in [2.45, 2.75) is 50.5 Å². The van der Waals surface area contributed by atoms with E-state index < -0.39 is 11.0 Å². The zero-order valence-electron chi connectivity index (χ0n) is 22.7. The van der Waals surface area contributed by atoms with Gasteiger partial charge in [-0.3, -0.25) is 9.59 Å². The highest BCUT2D eigenvalue weighted by molar-refractivity contribution is 5.96. The molecule has 0 bridgehead atoms. The molecular formula is C33H39NO4. The molecule has 1 N–H and O–H groups in total. The van der Waals surface area contributed by atoms with E-state index in [0.29, 0.717) is 30.9 Å². The van der Waals surface area contributed by atoms with Crippen LogP contribution >= 0.6 is 0 Å². The summed E-state index contributed by atoms with van der Waals surface area (Å²) in [7, 11) is 1.39. The number of Topliss-reactive ketones (excluding diaryl/α,β-unsaturated/α-hetero) is 1.